The van der Waals surface area contributed by atoms with E-state index in [4.69, 9.17) is 80.3 Å². The van der Waals surface area contributed by atoms with Gasteiger partial charge < -0.3 is 80.8 Å². The molecule has 0 saturated heterocycles. The molecule has 0 saturated carbocycles. The van der Waals surface area contributed by atoms with Crippen LogP contribution in [0.4, 0.5) is 103 Å². The second kappa shape index (κ2) is 65.4. The number of halogens is 22. The van der Waals surface area contributed by atoms with Crippen molar-refractivity contribution < 1.29 is 187 Å². The molecule has 1 amide bonds. The highest BCUT2D eigenvalue weighted by atomic mass is 29.6. The minimum atomic E-state index is -7.14. The first-order valence-corrected chi connectivity index (χ1v) is 99.2. The van der Waals surface area contributed by atoms with Gasteiger partial charge in [0.05, 0.1) is 9.52 Å². The van der Waals surface area contributed by atoms with E-state index in [9.17, 15) is 92.6 Å². The first kappa shape index (κ1) is 141. The van der Waals surface area contributed by atoms with Gasteiger partial charge in [-0.1, -0.05) is 103 Å². The van der Waals surface area contributed by atoms with Crippen molar-refractivity contribution in [2.45, 2.75) is 328 Å². The van der Waals surface area contributed by atoms with E-state index in [2.05, 4.69) is 147 Å². The molecule has 0 fully saturated rings. The van der Waals surface area contributed by atoms with E-state index in [1.807, 2.05) is 66.6 Å². The lowest BCUT2D eigenvalue weighted by molar-refractivity contribution is -0.486. The molecule has 1 aromatic rings. The van der Waals surface area contributed by atoms with E-state index in [0.717, 1.165) is 55.7 Å². The maximum atomic E-state index is 14.6. The van der Waals surface area contributed by atoms with Crippen molar-refractivity contribution in [3.8, 4) is 0 Å². The quantitative estimate of drug-likeness (QED) is 0.0338. The lowest BCUT2D eigenvalue weighted by Crippen LogP contribution is -2.69. The third kappa shape index (κ3) is 54.7. The molecule has 8 atom stereocenters. The Balaban J connectivity index is -0.000000556. The Morgan fingerprint density at radius 1 is 0.455 bits per heavy atom. The summed E-state index contributed by atoms with van der Waals surface area (Å²) in [5.74, 6) is -19.6. The van der Waals surface area contributed by atoms with Crippen molar-refractivity contribution in [3.63, 3.8) is 0 Å². The monoisotopic (exact) mass is 2320 g/mol. The van der Waals surface area contributed by atoms with Gasteiger partial charge >= 0.3 is 81.5 Å². The van der Waals surface area contributed by atoms with Crippen LogP contribution in [0.3, 0.4) is 0 Å². The van der Waals surface area contributed by atoms with Crippen LogP contribution in [0.5, 0.6) is 0 Å². The van der Waals surface area contributed by atoms with Crippen molar-refractivity contribution in [2.75, 3.05) is 67.1 Å². The van der Waals surface area contributed by atoms with E-state index >= 15 is 0 Å². The fourth-order valence-corrected chi connectivity index (χ4v) is 117. The normalized spacial score (nSPS) is 16.2. The van der Waals surface area contributed by atoms with E-state index in [1.54, 1.807) is 18.7 Å². The van der Waals surface area contributed by atoms with Gasteiger partial charge in [0.2, 0.25) is 31.8 Å². The number of hydrogen-bond acceptors (Lipinski definition) is 21. The molecule has 0 bridgehead atoms. The number of unbranched alkanes of at least 4 members (excludes halogenated alkanes) is 4. The molecule has 65 heteroatoms. The summed E-state index contributed by atoms with van der Waals surface area (Å²) in [4.78, 5) is 12.2. The van der Waals surface area contributed by atoms with Crippen LogP contribution < -0.4 is 10.1 Å². The minimum absolute atomic E-state index is 0.0839. The summed E-state index contributed by atoms with van der Waals surface area (Å²) in [6, 6.07) is 10.4. The van der Waals surface area contributed by atoms with Crippen LogP contribution >= 0.6 is 0 Å². The summed E-state index contributed by atoms with van der Waals surface area (Å²) < 4.78 is 387. The second-order valence-electron chi connectivity index (χ2n) is 35.0. The number of likely N-dealkylation sites (N-methyl/N-ethyl adjacent to an activating group) is 1. The fraction of sp³-hybridized carbons (Fsp3) is 0.896. The number of hydrogen-bond donors (Lipinski definition) is 0. The van der Waals surface area contributed by atoms with Crippen LogP contribution in [0.25, 0.3) is 0 Å². The molecule has 0 aromatic heterocycles. The number of alkyl halides is 20. The average Bonchev–Trinajstić information content (AvgIpc) is 0.756. The zero-order valence-corrected chi connectivity index (χ0v) is 107. The van der Waals surface area contributed by atoms with Gasteiger partial charge in [-0.05, 0) is 206 Å². The lowest BCUT2D eigenvalue weighted by atomic mass is 10.2. The first-order valence-electron chi connectivity index (χ1n) is 43.8. The molecule has 0 spiro atoms. The van der Waals surface area contributed by atoms with Gasteiger partial charge in [0.15, 0.2) is 119 Å². The summed E-state index contributed by atoms with van der Waals surface area (Å²) in [7, 11) is -34.2. The van der Waals surface area contributed by atoms with E-state index in [0.29, 0.717) is 4.90 Å². The number of benzene rings is 1. The molecule has 22 nitrogen and oxygen atoms in total. The minimum Gasteiger partial charge on any atom is -0.444 e. The number of anilines is 1. The molecular formula is C67H157F22NO21Si21. The lowest BCUT2D eigenvalue weighted by Gasteiger charge is -2.44. The van der Waals surface area contributed by atoms with Crippen molar-refractivity contribution in [2.24, 2.45) is 0 Å². The molecule has 0 heterocycles. The maximum absolute atomic E-state index is 14.6. The third-order valence-electron chi connectivity index (χ3n) is 18.6. The number of rotatable bonds is 60. The third-order valence-corrected chi connectivity index (χ3v) is 115. The van der Waals surface area contributed by atoms with Crippen LogP contribution in [0, 0.1) is 0 Å². The van der Waals surface area contributed by atoms with Crippen molar-refractivity contribution >= 4 is 201 Å². The number of nitrogens with zero attached hydrogens (tertiary/aromatic N) is 1. The standard InChI is InChI=1S/C23H51F11O8Si7.C18H52O6Si7.C12H14F5NO2Si.C12H38O5Si6.C2H2F4.F2/c1-12-13-16-47(9,10)42-49(39-43(4)5,40-44(6)7)41-46(45(8)35-2)48(11,36-3)17-14-15-37-18-19(24,21(27,28)29)38-23(33,34)20(25,26)22(30,31)32;1-13-15-17-29(10,11)24-31(21-25(5)6,22-26(7)8)23-28(27(9)19-3)30(12,20-4)18-16-14-2;1-18(8-4-3-5-9(6-8)21-2)10(19)11(14,20-7-13)12(15,16)17;1-10-11-12-22(8,9)17-23(15-20(4)5,16-21(6)7)14-18-13-19(2)3;3-1-2(4,5)6;1-2/h43-46H,12-18H2,1-11H3;25-28H,13-18H2,1-12H3;3-6H,7,21H2,1-2H3;19-21H,10-12,18H2,1-9H3;1H2;. The highest BCUT2D eigenvalue weighted by molar-refractivity contribution is 7.52. The maximum Gasteiger partial charge on any atom is 0.637 e. The summed E-state index contributed by atoms with van der Waals surface area (Å²) in [6.45, 7) is 54.1. The molecule has 0 aliphatic heterocycles. The highest BCUT2D eigenvalue weighted by Gasteiger charge is 2.78. The van der Waals surface area contributed by atoms with Crippen molar-refractivity contribution in [3.05, 3.63) is 24.3 Å². The topological polar surface area (TPSA) is 205 Å². The van der Waals surface area contributed by atoms with Crippen LogP contribution in [0.15, 0.2) is 24.3 Å². The molecule has 794 valence electrons. The van der Waals surface area contributed by atoms with Crippen molar-refractivity contribution in [1.82, 2.24) is 0 Å². The number of carbonyl (C=O) groups is 1. The molecule has 1 rings (SSSR count). The summed E-state index contributed by atoms with van der Waals surface area (Å²) >= 11 is 0. The van der Waals surface area contributed by atoms with Crippen LogP contribution in [-0.4, -0.2) is 300 Å². The zero-order chi connectivity index (χ0) is 105. The highest BCUT2D eigenvalue weighted by Crippen LogP contribution is 2.51. The molecule has 8 unspecified atom stereocenters. The van der Waals surface area contributed by atoms with Crippen LogP contribution in [0.2, 0.25) is 194 Å². The molecule has 0 N–H and O–H groups in total. The van der Waals surface area contributed by atoms with Gasteiger partial charge in [-0.15, -0.1) is 0 Å². The van der Waals surface area contributed by atoms with Gasteiger partial charge in [0.1, 0.15) is 6.61 Å². The zero-order valence-electron chi connectivity index (χ0n) is 83.6. The number of carbonyl (C=O) groups excluding carboxylic acids is 1. The summed E-state index contributed by atoms with van der Waals surface area (Å²) in [5.41, 5.74) is 0.0839. The predicted molar refractivity (Wildman–Crippen MR) is 527 cm³/mol. The Labute approximate surface area is 801 Å². The van der Waals surface area contributed by atoms with Gasteiger partial charge in [0.25, 0.3) is 10.0 Å². The Bertz CT molecular complexity index is 3170. The summed E-state index contributed by atoms with van der Waals surface area (Å²) in [6.07, 6.45) is -22.0. The van der Waals surface area contributed by atoms with Gasteiger partial charge in [0, 0.05) is 56.9 Å². The Kier molecular flexibility index (Phi) is 70.0. The van der Waals surface area contributed by atoms with E-state index in [-0.39, 0.29) is 18.2 Å². The van der Waals surface area contributed by atoms with E-state index < -0.39 is 265 Å². The molecule has 0 aliphatic carbocycles. The molecule has 132 heavy (non-hydrogen) atoms. The largest absolute Gasteiger partial charge is 0.637 e. The van der Waals surface area contributed by atoms with E-state index in [1.165, 1.54) is 58.5 Å². The number of amides is 1. The Morgan fingerprint density at radius 3 is 1.07 bits per heavy atom. The molecule has 1 aromatic carbocycles. The SMILES string of the molecule is CCCC[Si](C)(C)O[Si](O[SiH2]O[SiH](C)C)(O[SiH](C)C)O[SiH](C)C.CCCC[Si](C)(C)O[Si](O[SiH](C)C)(O[SiH](C)C)O[SiH]([SiH](C)OC)[Si](C)(CCCC)OC.CCCC[Si](C)(C)O[Si](O[SiH](C)C)(O[SiH](C)C)O[SiH]([SiH](C)OC)[Si](C)(CCCOCC(F)(OC(F)(F)C(F)(F)C(F)(F)F)C(F)(F)F)OC.C[SiH2]c1cccc(N(C)C(=O)C(F)(OCF)C(F)(F)F)c1.FCC(F)(F)F.FF. The number of ether oxygens (including phenoxy) is 3. The smallest absolute Gasteiger partial charge is 0.444 e. The average molecular weight is 2320 g/mol. The first-order chi connectivity index (χ1) is 59.9. The predicted octanol–water partition coefficient (Wildman–Crippen LogP) is 17.8. The Morgan fingerprint density at radius 2 is 0.788 bits per heavy atom. The molecular weight excluding hydrogens is 2160 g/mol. The van der Waals surface area contributed by atoms with Crippen LogP contribution in [-0.2, 0) is 90.2 Å². The van der Waals surface area contributed by atoms with Crippen LogP contribution in [0.1, 0.15) is 85.5 Å². The van der Waals surface area contributed by atoms with Gasteiger partial charge in [-0.3, -0.25) is 14.3 Å². The summed E-state index contributed by atoms with van der Waals surface area (Å²) in [5, 5.41) is 0.884. The Hall–Kier alpha value is 0.905. The fourth-order valence-electron chi connectivity index (χ4n) is 11.7. The molecule has 0 aliphatic rings. The molecule has 0 radical (unpaired) electrons. The second-order valence-corrected chi connectivity index (χ2v) is 116. The van der Waals surface area contributed by atoms with Crippen molar-refractivity contribution in [1.29, 1.82) is 0 Å². The van der Waals surface area contributed by atoms with Gasteiger partial charge in [-0.2, -0.15) is 79.0 Å². The van der Waals surface area contributed by atoms with Gasteiger partial charge in [-0.25, -0.2) is 8.78 Å².